The summed E-state index contributed by atoms with van der Waals surface area (Å²) in [6, 6.07) is 6.70. The van der Waals surface area contributed by atoms with Gasteiger partial charge in [0.05, 0.1) is 11.8 Å². The van der Waals surface area contributed by atoms with Crippen LogP contribution in [0.25, 0.3) is 0 Å². The number of nitrogens with zero attached hydrogens (tertiary/aromatic N) is 1. The number of hydrogen-bond donors (Lipinski definition) is 1. The van der Waals surface area contributed by atoms with Crippen molar-refractivity contribution in [3.8, 4) is 0 Å². The van der Waals surface area contributed by atoms with E-state index in [0.29, 0.717) is 17.5 Å². The maximum atomic E-state index is 13.0. The largest absolute Gasteiger partial charge is 0.324 e. The Bertz CT molecular complexity index is 825. The fourth-order valence-electron chi connectivity index (χ4n) is 5.45. The van der Waals surface area contributed by atoms with E-state index in [1.807, 2.05) is 31.2 Å². The van der Waals surface area contributed by atoms with Crippen LogP contribution in [0.4, 0.5) is 5.69 Å². The average molecular weight is 350 g/mol. The molecule has 4 aliphatic carbocycles. The molecule has 1 saturated heterocycles. The number of benzene rings is 1. The first kappa shape index (κ1) is 15.8. The second-order valence-electron chi connectivity index (χ2n) is 8.24. The van der Waals surface area contributed by atoms with E-state index in [0.717, 1.165) is 12.0 Å². The van der Waals surface area contributed by atoms with Crippen LogP contribution < -0.4 is 5.32 Å². The summed E-state index contributed by atoms with van der Waals surface area (Å²) in [6.45, 7) is 3.60. The molecule has 7 atom stereocenters. The van der Waals surface area contributed by atoms with Gasteiger partial charge in [0.15, 0.2) is 0 Å². The zero-order valence-corrected chi connectivity index (χ0v) is 14.9. The molecule has 1 heterocycles. The highest BCUT2D eigenvalue weighted by Crippen LogP contribution is 2.65. The van der Waals surface area contributed by atoms with Crippen LogP contribution in [0.2, 0.25) is 0 Å². The molecule has 2 bridgehead atoms. The molecule has 1 aromatic rings. The normalized spacial score (nSPS) is 37.4. The molecule has 0 spiro atoms. The zero-order valence-electron chi connectivity index (χ0n) is 14.9. The highest BCUT2D eigenvalue weighted by molar-refractivity contribution is 6.10. The van der Waals surface area contributed by atoms with E-state index in [1.54, 1.807) is 6.92 Å². The van der Waals surface area contributed by atoms with Crippen molar-refractivity contribution in [2.45, 2.75) is 26.3 Å². The summed E-state index contributed by atoms with van der Waals surface area (Å²) < 4.78 is 0. The van der Waals surface area contributed by atoms with Gasteiger partial charge in [0.25, 0.3) is 0 Å². The minimum absolute atomic E-state index is 0.156. The number of likely N-dealkylation sites (tertiary alicyclic amines) is 1. The van der Waals surface area contributed by atoms with Gasteiger partial charge in [-0.15, -0.1) is 0 Å². The Kier molecular flexibility index (Phi) is 3.21. The van der Waals surface area contributed by atoms with Crippen LogP contribution in [0, 0.1) is 42.4 Å². The summed E-state index contributed by atoms with van der Waals surface area (Å²) in [5.41, 5.74) is 1.72. The van der Waals surface area contributed by atoms with Gasteiger partial charge in [-0.05, 0) is 61.6 Å². The summed E-state index contributed by atoms with van der Waals surface area (Å²) in [5, 5.41) is 2.84. The highest BCUT2D eigenvalue weighted by Gasteiger charge is 2.67. The number of anilines is 1. The maximum absolute atomic E-state index is 13.0. The number of imide groups is 1. The van der Waals surface area contributed by atoms with Gasteiger partial charge in [-0.2, -0.15) is 0 Å². The highest BCUT2D eigenvalue weighted by atomic mass is 16.2. The lowest BCUT2D eigenvalue weighted by molar-refractivity contribution is -0.146. The van der Waals surface area contributed by atoms with Crippen LogP contribution in [0.3, 0.4) is 0 Å². The SMILES string of the molecule is Cc1cccc(NC(=O)[C@H](C)N2C(=O)[C@@H]3[C@H]4C=C[C@@H]([C@@H]5C[C@H]45)[C@H]3C2=O)c1. The molecule has 134 valence electrons. The predicted octanol–water partition coefficient (Wildman–Crippen LogP) is 2.38. The smallest absolute Gasteiger partial charge is 0.247 e. The molecule has 1 aromatic carbocycles. The van der Waals surface area contributed by atoms with Crippen molar-refractivity contribution >= 4 is 23.4 Å². The third kappa shape index (κ3) is 2.06. The summed E-state index contributed by atoms with van der Waals surface area (Å²) in [5.74, 6) is 0.367. The van der Waals surface area contributed by atoms with E-state index in [1.165, 1.54) is 4.90 Å². The molecule has 3 fully saturated rings. The quantitative estimate of drug-likeness (QED) is 0.672. The molecule has 5 aliphatic rings. The predicted molar refractivity (Wildman–Crippen MR) is 95.8 cm³/mol. The number of rotatable bonds is 3. The van der Waals surface area contributed by atoms with Gasteiger partial charge < -0.3 is 5.32 Å². The van der Waals surface area contributed by atoms with Crippen LogP contribution in [0.5, 0.6) is 0 Å². The van der Waals surface area contributed by atoms with Gasteiger partial charge in [-0.1, -0.05) is 24.3 Å². The second kappa shape index (κ2) is 5.29. The molecular formula is C21H22N2O3. The third-order valence-corrected chi connectivity index (χ3v) is 6.75. The monoisotopic (exact) mass is 350 g/mol. The molecule has 0 aromatic heterocycles. The summed E-state index contributed by atoms with van der Waals surface area (Å²) in [4.78, 5) is 40.0. The Balaban J connectivity index is 1.38. The first-order valence-electron chi connectivity index (χ1n) is 9.40. The molecule has 5 nitrogen and oxygen atoms in total. The summed E-state index contributed by atoms with van der Waals surface area (Å²) in [7, 11) is 0. The minimum atomic E-state index is -0.795. The number of hydrogen-bond acceptors (Lipinski definition) is 3. The van der Waals surface area contributed by atoms with Gasteiger partial charge in [0.1, 0.15) is 6.04 Å². The Morgan fingerprint density at radius 1 is 1.12 bits per heavy atom. The number of nitrogens with one attached hydrogen (secondary N) is 1. The van der Waals surface area contributed by atoms with Gasteiger partial charge in [0.2, 0.25) is 17.7 Å². The minimum Gasteiger partial charge on any atom is -0.324 e. The standard InChI is InChI=1S/C21H22N2O3/c1-10-4-3-5-12(8-10)22-19(24)11(2)23-20(25)17-13-6-7-14(16-9-15(13)16)18(17)21(23)26/h3-8,11,13-18H,9H2,1-2H3,(H,22,24)/t11-,13-,14-,15-,16+,17+,18+/m0/s1. The Labute approximate surface area is 152 Å². The average Bonchev–Trinajstić information content (AvgIpc) is 3.39. The van der Waals surface area contributed by atoms with Crippen LogP contribution in [-0.2, 0) is 14.4 Å². The van der Waals surface area contributed by atoms with E-state index >= 15 is 0 Å². The maximum Gasteiger partial charge on any atom is 0.247 e. The number of aryl methyl sites for hydroxylation is 1. The Morgan fingerprint density at radius 2 is 1.73 bits per heavy atom. The summed E-state index contributed by atoms with van der Waals surface area (Å²) >= 11 is 0. The van der Waals surface area contributed by atoms with Crippen molar-refractivity contribution in [3.05, 3.63) is 42.0 Å². The molecule has 1 aliphatic heterocycles. The van der Waals surface area contributed by atoms with Crippen LogP contribution in [0.15, 0.2) is 36.4 Å². The van der Waals surface area contributed by atoms with Crippen molar-refractivity contribution in [1.82, 2.24) is 4.90 Å². The molecule has 26 heavy (non-hydrogen) atoms. The molecule has 3 amide bonds. The molecule has 2 saturated carbocycles. The molecule has 1 N–H and O–H groups in total. The van der Waals surface area contributed by atoms with Crippen LogP contribution in [-0.4, -0.2) is 28.7 Å². The van der Waals surface area contributed by atoms with Gasteiger partial charge in [0, 0.05) is 5.69 Å². The fraction of sp³-hybridized carbons (Fsp3) is 0.476. The molecule has 5 heteroatoms. The van der Waals surface area contributed by atoms with Crippen molar-refractivity contribution in [1.29, 1.82) is 0 Å². The molecular weight excluding hydrogens is 328 g/mol. The van der Waals surface area contributed by atoms with Crippen molar-refractivity contribution in [2.75, 3.05) is 5.32 Å². The van der Waals surface area contributed by atoms with E-state index in [9.17, 15) is 14.4 Å². The first-order valence-corrected chi connectivity index (χ1v) is 9.40. The lowest BCUT2D eigenvalue weighted by atomic mass is 9.63. The van der Waals surface area contributed by atoms with Gasteiger partial charge in [-0.25, -0.2) is 0 Å². The van der Waals surface area contributed by atoms with Gasteiger partial charge in [-0.3, -0.25) is 19.3 Å². The first-order chi connectivity index (χ1) is 12.5. The van der Waals surface area contributed by atoms with Crippen molar-refractivity contribution in [2.24, 2.45) is 35.5 Å². The molecule has 0 unspecified atom stereocenters. The number of carbonyl (C=O) groups excluding carboxylic acids is 3. The Morgan fingerprint density at radius 3 is 2.31 bits per heavy atom. The van der Waals surface area contributed by atoms with E-state index in [-0.39, 0.29) is 41.4 Å². The zero-order chi connectivity index (χ0) is 18.2. The lowest BCUT2D eigenvalue weighted by Crippen LogP contribution is -2.46. The lowest BCUT2D eigenvalue weighted by Gasteiger charge is -2.37. The van der Waals surface area contributed by atoms with Crippen molar-refractivity contribution < 1.29 is 14.4 Å². The second-order valence-corrected chi connectivity index (χ2v) is 8.24. The number of amides is 3. The number of allylic oxidation sites excluding steroid dienone is 2. The molecule has 0 radical (unpaired) electrons. The number of carbonyl (C=O) groups is 3. The van der Waals surface area contributed by atoms with E-state index in [4.69, 9.17) is 0 Å². The van der Waals surface area contributed by atoms with Crippen LogP contribution >= 0.6 is 0 Å². The summed E-state index contributed by atoms with van der Waals surface area (Å²) in [6.07, 6.45) is 5.43. The Hall–Kier alpha value is -2.43. The van der Waals surface area contributed by atoms with E-state index in [2.05, 4.69) is 17.5 Å². The van der Waals surface area contributed by atoms with E-state index < -0.39 is 6.04 Å². The van der Waals surface area contributed by atoms with Gasteiger partial charge >= 0.3 is 0 Å². The third-order valence-electron chi connectivity index (χ3n) is 6.75. The topological polar surface area (TPSA) is 66.5 Å². The van der Waals surface area contributed by atoms with Crippen LogP contribution in [0.1, 0.15) is 18.9 Å². The molecule has 6 rings (SSSR count). The van der Waals surface area contributed by atoms with Crippen molar-refractivity contribution in [3.63, 3.8) is 0 Å². The fourth-order valence-corrected chi connectivity index (χ4v) is 5.45.